The van der Waals surface area contributed by atoms with Gasteiger partial charge in [0.2, 0.25) is 0 Å². The van der Waals surface area contributed by atoms with Crippen molar-refractivity contribution >= 4 is 21.9 Å². The lowest BCUT2D eigenvalue weighted by atomic mass is 10.1. The van der Waals surface area contributed by atoms with Gasteiger partial charge in [0, 0.05) is 10.9 Å². The normalized spacial score (nSPS) is 12.9. The summed E-state index contributed by atoms with van der Waals surface area (Å²) in [5.74, 6) is -1.41. The van der Waals surface area contributed by atoms with Crippen molar-refractivity contribution in [1.82, 2.24) is 0 Å². The highest BCUT2D eigenvalue weighted by Gasteiger charge is 2.32. The fraction of sp³-hybridized carbons (Fsp3) is 0.364. The number of benzene rings is 1. The number of halogens is 4. The zero-order valence-corrected chi connectivity index (χ0v) is 11.3. The van der Waals surface area contributed by atoms with Gasteiger partial charge in [-0.1, -0.05) is 15.9 Å². The number of aliphatic hydroxyl groups excluding tert-OH is 1. The Kier molecular flexibility index (Phi) is 5.19. The third-order valence-corrected chi connectivity index (χ3v) is 2.63. The molecule has 0 aliphatic carbocycles. The molecule has 0 radical (unpaired) electrons. The van der Waals surface area contributed by atoms with Crippen molar-refractivity contribution in [1.29, 1.82) is 0 Å². The van der Waals surface area contributed by atoms with Crippen molar-refractivity contribution in [2.24, 2.45) is 0 Å². The topological polar surface area (TPSA) is 55.8 Å². The molecule has 1 aromatic carbocycles. The molecule has 0 amide bonds. The SMILES string of the molecule is COC(=O)C(O)Cc1cc(Br)ccc1OC(F)(F)F. The van der Waals surface area contributed by atoms with Crippen LogP contribution in [0.5, 0.6) is 5.75 Å². The van der Waals surface area contributed by atoms with Crippen molar-refractivity contribution in [3.63, 3.8) is 0 Å². The number of rotatable bonds is 4. The summed E-state index contributed by atoms with van der Waals surface area (Å²) < 4.78 is 45.2. The van der Waals surface area contributed by atoms with Gasteiger partial charge in [-0.2, -0.15) is 0 Å². The van der Waals surface area contributed by atoms with Gasteiger partial charge in [0.25, 0.3) is 0 Å². The zero-order valence-electron chi connectivity index (χ0n) is 9.70. The van der Waals surface area contributed by atoms with Crippen molar-refractivity contribution < 1.29 is 32.5 Å². The van der Waals surface area contributed by atoms with Crippen molar-refractivity contribution in [2.75, 3.05) is 7.11 Å². The molecule has 1 N–H and O–H groups in total. The number of hydrogen-bond acceptors (Lipinski definition) is 4. The van der Waals surface area contributed by atoms with E-state index < -0.39 is 24.2 Å². The molecule has 1 aromatic rings. The summed E-state index contributed by atoms with van der Waals surface area (Å²) in [4.78, 5) is 11.1. The molecular formula is C11H10BrF3O4. The van der Waals surface area contributed by atoms with Gasteiger partial charge in [-0.15, -0.1) is 13.2 Å². The van der Waals surface area contributed by atoms with E-state index in [0.717, 1.165) is 13.2 Å². The van der Waals surface area contributed by atoms with E-state index in [0.29, 0.717) is 4.47 Å². The first kappa shape index (κ1) is 15.8. The summed E-state index contributed by atoms with van der Waals surface area (Å²) >= 11 is 3.09. The molecule has 0 saturated carbocycles. The Balaban J connectivity index is 2.97. The Morgan fingerprint density at radius 3 is 2.63 bits per heavy atom. The Bertz CT molecular complexity index is 462. The van der Waals surface area contributed by atoms with Gasteiger partial charge in [-0.05, 0) is 23.8 Å². The second-order valence-electron chi connectivity index (χ2n) is 3.54. The number of ether oxygens (including phenoxy) is 2. The van der Waals surface area contributed by atoms with Crippen LogP contribution in [0, 0.1) is 0 Å². The lowest BCUT2D eigenvalue weighted by molar-refractivity contribution is -0.274. The van der Waals surface area contributed by atoms with Crippen LogP contribution >= 0.6 is 15.9 Å². The largest absolute Gasteiger partial charge is 0.573 e. The van der Waals surface area contributed by atoms with Crippen molar-refractivity contribution in [2.45, 2.75) is 18.9 Å². The van der Waals surface area contributed by atoms with Crippen LogP contribution < -0.4 is 4.74 Å². The van der Waals surface area contributed by atoms with Crippen LogP contribution in [0.25, 0.3) is 0 Å². The molecule has 19 heavy (non-hydrogen) atoms. The van der Waals surface area contributed by atoms with E-state index in [1.54, 1.807) is 0 Å². The minimum absolute atomic E-state index is 0.0320. The van der Waals surface area contributed by atoms with Gasteiger partial charge in [-0.25, -0.2) is 4.79 Å². The van der Waals surface area contributed by atoms with Gasteiger partial charge in [-0.3, -0.25) is 0 Å². The lowest BCUT2D eigenvalue weighted by Gasteiger charge is -2.15. The summed E-state index contributed by atoms with van der Waals surface area (Å²) in [6, 6.07) is 3.78. The molecule has 0 heterocycles. The fourth-order valence-corrected chi connectivity index (χ4v) is 1.77. The van der Waals surface area contributed by atoms with E-state index in [2.05, 4.69) is 25.4 Å². The molecule has 0 aliphatic heterocycles. The lowest BCUT2D eigenvalue weighted by Crippen LogP contribution is -2.25. The predicted octanol–water partition coefficient (Wildman–Crippen LogP) is 2.42. The molecule has 1 rings (SSSR count). The van der Waals surface area contributed by atoms with Crippen LogP contribution in [0.1, 0.15) is 5.56 Å². The second kappa shape index (κ2) is 6.25. The summed E-state index contributed by atoms with van der Waals surface area (Å²) in [6.07, 6.45) is -6.76. The van der Waals surface area contributed by atoms with E-state index >= 15 is 0 Å². The maximum atomic E-state index is 12.2. The minimum atomic E-state index is -4.85. The zero-order chi connectivity index (χ0) is 14.6. The van der Waals surface area contributed by atoms with Gasteiger partial charge >= 0.3 is 12.3 Å². The van der Waals surface area contributed by atoms with Crippen molar-refractivity contribution in [3.8, 4) is 5.75 Å². The van der Waals surface area contributed by atoms with Crippen LogP contribution in [0.15, 0.2) is 22.7 Å². The maximum absolute atomic E-state index is 12.2. The van der Waals surface area contributed by atoms with Crippen molar-refractivity contribution in [3.05, 3.63) is 28.2 Å². The van der Waals surface area contributed by atoms with Crippen LogP contribution in [-0.4, -0.2) is 30.7 Å². The molecule has 0 bridgehead atoms. The molecule has 1 atom stereocenters. The standard InChI is InChI=1S/C11H10BrF3O4/c1-18-10(17)8(16)5-6-4-7(12)2-3-9(6)19-11(13,14)15/h2-4,8,16H,5H2,1H3. The average Bonchev–Trinajstić information content (AvgIpc) is 2.30. The summed E-state index contributed by atoms with van der Waals surface area (Å²) in [5.41, 5.74) is 0.0320. The van der Waals surface area contributed by atoms with E-state index in [-0.39, 0.29) is 12.0 Å². The van der Waals surface area contributed by atoms with E-state index in [4.69, 9.17) is 0 Å². The molecule has 8 heteroatoms. The Hall–Kier alpha value is -1.28. The highest BCUT2D eigenvalue weighted by Crippen LogP contribution is 2.29. The van der Waals surface area contributed by atoms with Crippen LogP contribution in [-0.2, 0) is 16.0 Å². The fourth-order valence-electron chi connectivity index (χ4n) is 1.36. The van der Waals surface area contributed by atoms with Crippen LogP contribution in [0.3, 0.4) is 0 Å². The summed E-state index contributed by atoms with van der Waals surface area (Å²) in [5, 5.41) is 9.46. The highest BCUT2D eigenvalue weighted by molar-refractivity contribution is 9.10. The average molecular weight is 343 g/mol. The van der Waals surface area contributed by atoms with Gasteiger partial charge in [0.05, 0.1) is 7.11 Å². The van der Waals surface area contributed by atoms with E-state index in [1.165, 1.54) is 12.1 Å². The van der Waals surface area contributed by atoms with Gasteiger partial charge in [0.1, 0.15) is 5.75 Å². The first-order valence-corrected chi connectivity index (χ1v) is 5.82. The van der Waals surface area contributed by atoms with Crippen LogP contribution in [0.4, 0.5) is 13.2 Å². The number of esters is 1. The molecule has 0 aliphatic rings. The quantitative estimate of drug-likeness (QED) is 0.854. The third kappa shape index (κ3) is 5.07. The molecule has 4 nitrogen and oxygen atoms in total. The smallest absolute Gasteiger partial charge is 0.467 e. The number of carbonyl (C=O) groups excluding carboxylic acids is 1. The molecule has 0 saturated heterocycles. The monoisotopic (exact) mass is 342 g/mol. The number of hydrogen-bond donors (Lipinski definition) is 1. The molecule has 0 fully saturated rings. The predicted molar refractivity (Wildman–Crippen MR) is 62.6 cm³/mol. The van der Waals surface area contributed by atoms with Gasteiger partial charge < -0.3 is 14.6 Å². The Morgan fingerprint density at radius 1 is 1.47 bits per heavy atom. The first-order valence-electron chi connectivity index (χ1n) is 5.03. The number of carbonyl (C=O) groups is 1. The Morgan fingerprint density at radius 2 is 2.11 bits per heavy atom. The molecule has 106 valence electrons. The van der Waals surface area contributed by atoms with Crippen LogP contribution in [0.2, 0.25) is 0 Å². The highest BCUT2D eigenvalue weighted by atomic mass is 79.9. The summed E-state index contributed by atoms with van der Waals surface area (Å²) in [6.45, 7) is 0. The summed E-state index contributed by atoms with van der Waals surface area (Å²) in [7, 11) is 1.07. The minimum Gasteiger partial charge on any atom is -0.467 e. The van der Waals surface area contributed by atoms with Gasteiger partial charge in [0.15, 0.2) is 6.10 Å². The molecule has 1 unspecified atom stereocenters. The maximum Gasteiger partial charge on any atom is 0.573 e. The second-order valence-corrected chi connectivity index (χ2v) is 4.46. The molecule has 0 aromatic heterocycles. The number of alkyl halides is 3. The molecular weight excluding hydrogens is 333 g/mol. The van der Waals surface area contributed by atoms with E-state index in [1.807, 2.05) is 0 Å². The first-order chi connectivity index (χ1) is 8.73. The third-order valence-electron chi connectivity index (χ3n) is 2.13. The number of aliphatic hydroxyl groups is 1. The molecule has 0 spiro atoms. The Labute approximate surface area is 115 Å². The van der Waals surface area contributed by atoms with E-state index in [9.17, 15) is 23.1 Å². The number of methoxy groups -OCH3 is 1.